The van der Waals surface area contributed by atoms with Crippen molar-refractivity contribution >= 4 is 9.53 Å². The summed E-state index contributed by atoms with van der Waals surface area (Å²) in [6, 6.07) is 9.10. The maximum absolute atomic E-state index is 7.24. The number of hydrogen-bond donors (Lipinski definition) is 0. The van der Waals surface area contributed by atoms with E-state index in [0.717, 1.165) is 4.89 Å². The molecule has 4 heteroatoms. The molecule has 3 aromatic rings. The van der Waals surface area contributed by atoms with Crippen molar-refractivity contribution in [3.05, 3.63) is 73.9 Å². The van der Waals surface area contributed by atoms with Crippen LogP contribution in [0.4, 0.5) is 0 Å². The van der Waals surface area contributed by atoms with Gasteiger partial charge < -0.3 is 0 Å². The van der Waals surface area contributed by atoms with Gasteiger partial charge in [-0.1, -0.05) is 0 Å². The number of nitrogens with zero attached hydrogens (tertiary/aromatic N) is 2. The molecule has 0 N–H and O–H groups in total. The standard InChI is InChI=1S/C21H24N2.C5H11.ClH.Pd/c1-14-9-16(3)20(17(4)10-14)22-7-8-23(13-22)21-18(5)11-15(2)12-19(21)6;1-3-5-4-2;;/h7-12H,1-6H3;1,3-5H2,2H3;1H;/q;;;+1/p-1. The van der Waals surface area contributed by atoms with Gasteiger partial charge in [0.25, 0.3) is 0 Å². The van der Waals surface area contributed by atoms with Crippen LogP contribution >= 0.6 is 9.53 Å². The fourth-order valence-electron chi connectivity index (χ4n) is 4.45. The number of hydrogen-bond acceptors (Lipinski definition) is 0. The van der Waals surface area contributed by atoms with Crippen LogP contribution in [0.15, 0.2) is 36.7 Å². The second kappa shape index (κ2) is 9.82. The summed E-state index contributed by atoms with van der Waals surface area (Å²) in [5, 5.41) is 0. The van der Waals surface area contributed by atoms with Crippen molar-refractivity contribution in [2.75, 3.05) is 0 Å². The van der Waals surface area contributed by atoms with Crippen LogP contribution < -0.4 is 0 Å². The second-order valence-electron chi connectivity index (χ2n) is 8.40. The van der Waals surface area contributed by atoms with Crippen LogP contribution in [0.5, 0.6) is 0 Å². The molecule has 0 aliphatic rings. The summed E-state index contributed by atoms with van der Waals surface area (Å²) in [5.41, 5.74) is 10.4. The molecule has 0 saturated heterocycles. The van der Waals surface area contributed by atoms with E-state index in [-0.39, 0.29) is 0 Å². The first-order valence-corrected chi connectivity index (χ1v) is 14.6. The van der Waals surface area contributed by atoms with Gasteiger partial charge in [0.05, 0.1) is 0 Å². The molecule has 0 aliphatic heterocycles. The van der Waals surface area contributed by atoms with Gasteiger partial charge in [-0.25, -0.2) is 0 Å². The summed E-state index contributed by atoms with van der Waals surface area (Å²) in [4.78, 5) is 1.10. The van der Waals surface area contributed by atoms with E-state index >= 15 is 0 Å². The average Bonchev–Trinajstić information content (AvgIpc) is 3.04. The summed E-state index contributed by atoms with van der Waals surface area (Å²) in [7, 11) is 7.24. The van der Waals surface area contributed by atoms with E-state index in [9.17, 15) is 0 Å². The molecule has 0 amide bonds. The predicted molar refractivity (Wildman–Crippen MR) is 127 cm³/mol. The molecule has 1 heterocycles. The van der Waals surface area contributed by atoms with Gasteiger partial charge in [-0.2, -0.15) is 0 Å². The number of aromatic nitrogens is 2. The minimum absolute atomic E-state index is 1.10. The Balaban J connectivity index is 2.34. The second-order valence-corrected chi connectivity index (χ2v) is 12.8. The molecule has 0 atom stereocenters. The average molecular weight is 517 g/mol. The van der Waals surface area contributed by atoms with E-state index in [4.69, 9.17) is 9.53 Å². The first-order chi connectivity index (χ1) is 14.2. The van der Waals surface area contributed by atoms with Gasteiger partial charge in [0.15, 0.2) is 0 Å². The normalized spacial score (nSPS) is 11.8. The Kier molecular flexibility index (Phi) is 7.62. The van der Waals surface area contributed by atoms with Gasteiger partial charge in [-0.15, -0.1) is 0 Å². The van der Waals surface area contributed by atoms with Crippen molar-refractivity contribution in [1.82, 2.24) is 9.13 Å². The number of aryl methyl sites for hydroxylation is 6. The number of benzene rings is 2. The third kappa shape index (κ3) is 4.75. The van der Waals surface area contributed by atoms with Crippen LogP contribution in [0.3, 0.4) is 0 Å². The van der Waals surface area contributed by atoms with Gasteiger partial charge >= 0.3 is 192 Å². The molecule has 0 saturated carbocycles. The van der Waals surface area contributed by atoms with E-state index in [1.807, 2.05) is 0 Å². The molecular formula is C26H35ClN2Pd. The summed E-state index contributed by atoms with van der Waals surface area (Å²) >= 11 is -1.41. The van der Waals surface area contributed by atoms with E-state index in [1.54, 1.807) is 0 Å². The minimum atomic E-state index is -1.41. The van der Waals surface area contributed by atoms with Gasteiger partial charge in [-0.3, -0.25) is 0 Å². The Morgan fingerprint density at radius 3 is 1.47 bits per heavy atom. The fourth-order valence-corrected chi connectivity index (χ4v) is 8.24. The fraction of sp³-hybridized carbons (Fsp3) is 0.423. The van der Waals surface area contributed by atoms with E-state index < -0.39 is 15.3 Å². The molecule has 2 aromatic carbocycles. The topological polar surface area (TPSA) is 9.86 Å². The van der Waals surface area contributed by atoms with Crippen LogP contribution in [0.2, 0.25) is 4.89 Å². The van der Waals surface area contributed by atoms with Gasteiger partial charge in [0.1, 0.15) is 0 Å². The molecule has 166 valence electrons. The molecule has 2 nitrogen and oxygen atoms in total. The van der Waals surface area contributed by atoms with Crippen LogP contribution in [-0.4, -0.2) is 9.13 Å². The number of imidazole rings is 1. The van der Waals surface area contributed by atoms with E-state index in [0.29, 0.717) is 0 Å². The molecule has 0 radical (unpaired) electrons. The molecule has 0 unspecified atom stereocenters. The van der Waals surface area contributed by atoms with Crippen molar-refractivity contribution in [2.24, 2.45) is 0 Å². The first-order valence-electron chi connectivity index (χ1n) is 10.8. The van der Waals surface area contributed by atoms with Gasteiger partial charge in [0.2, 0.25) is 0 Å². The van der Waals surface area contributed by atoms with E-state index in [1.165, 1.54) is 67.9 Å². The number of unbranched alkanes of at least 4 members (excludes halogenated alkanes) is 2. The van der Waals surface area contributed by atoms with Crippen molar-refractivity contribution in [1.29, 1.82) is 0 Å². The van der Waals surface area contributed by atoms with Crippen molar-refractivity contribution in [3.8, 4) is 11.4 Å². The molecule has 0 bridgehead atoms. The Labute approximate surface area is 191 Å². The summed E-state index contributed by atoms with van der Waals surface area (Å²) < 4.78 is 6.02. The molecule has 1 aromatic heterocycles. The van der Waals surface area contributed by atoms with Crippen LogP contribution in [0.25, 0.3) is 11.4 Å². The van der Waals surface area contributed by atoms with Crippen LogP contribution in [0.1, 0.15) is 59.6 Å². The van der Waals surface area contributed by atoms with Crippen LogP contribution in [-0.2, 0) is 15.3 Å². The summed E-state index contributed by atoms with van der Waals surface area (Å²) in [6.45, 7) is 15.4. The Morgan fingerprint density at radius 1 is 0.700 bits per heavy atom. The van der Waals surface area contributed by atoms with E-state index in [2.05, 4.69) is 94.3 Å². The predicted octanol–water partition coefficient (Wildman–Crippen LogP) is 8.03. The van der Waals surface area contributed by atoms with Crippen molar-refractivity contribution in [3.63, 3.8) is 0 Å². The summed E-state index contributed by atoms with van der Waals surface area (Å²) in [6.07, 6.45) is 8.10. The molecule has 0 spiro atoms. The quantitative estimate of drug-likeness (QED) is 0.231. The SMILES string of the molecule is CCCC[CH2][Pd]([Cl])=[c]1n(-c2c(C)cc(C)cc2C)ccn1-c1c(C)cc(C)cc1C. The zero-order valence-corrected chi connectivity index (χ0v) is 21.7. The third-order valence-corrected chi connectivity index (χ3v) is 9.57. The van der Waals surface area contributed by atoms with Gasteiger partial charge in [0, 0.05) is 0 Å². The van der Waals surface area contributed by atoms with Crippen molar-refractivity contribution < 1.29 is 15.3 Å². The Hall–Kier alpha value is -1.40. The Morgan fingerprint density at radius 2 is 1.10 bits per heavy atom. The molecule has 0 aliphatic carbocycles. The Bertz CT molecular complexity index is 1010. The number of halogens is 1. The monoisotopic (exact) mass is 516 g/mol. The molecule has 30 heavy (non-hydrogen) atoms. The van der Waals surface area contributed by atoms with Crippen molar-refractivity contribution in [2.45, 2.75) is 72.6 Å². The third-order valence-electron chi connectivity index (χ3n) is 5.49. The maximum atomic E-state index is 7.24. The molecule has 3 rings (SSSR count). The van der Waals surface area contributed by atoms with Crippen LogP contribution in [0, 0.1) is 45.4 Å². The summed E-state index contributed by atoms with van der Waals surface area (Å²) in [5.74, 6) is 0. The molecule has 0 fully saturated rings. The number of rotatable bonds is 6. The van der Waals surface area contributed by atoms with Gasteiger partial charge in [-0.05, 0) is 0 Å². The zero-order chi connectivity index (χ0) is 22.0. The first kappa shape index (κ1) is 23.3. The zero-order valence-electron chi connectivity index (χ0n) is 19.4. The molecular weight excluding hydrogens is 482 g/mol.